The molecule has 0 aliphatic heterocycles. The Morgan fingerprint density at radius 3 is 2.35 bits per heavy atom. The Kier molecular flexibility index (Phi) is 8.03. The number of rotatable bonds is 7. The summed E-state index contributed by atoms with van der Waals surface area (Å²) in [6.45, 7) is 9.25. The van der Waals surface area contributed by atoms with Crippen molar-refractivity contribution in [2.24, 2.45) is 0 Å². The SMILES string of the molecule is CC(C)(C)OC(=O)NC(C)(C)C(=O)NCCCOc1ccc(Cl)cc1Cl. The first-order valence-electron chi connectivity index (χ1n) is 8.28. The Labute approximate surface area is 164 Å². The minimum absolute atomic E-state index is 0.312. The third-order valence-corrected chi connectivity index (χ3v) is 3.67. The van der Waals surface area contributed by atoms with Crippen LogP contribution in [0, 0.1) is 0 Å². The summed E-state index contributed by atoms with van der Waals surface area (Å²) in [7, 11) is 0. The number of carbonyl (C=O) groups excluding carboxylic acids is 2. The molecule has 0 unspecified atom stereocenters. The van der Waals surface area contributed by atoms with E-state index in [1.54, 1.807) is 52.8 Å². The first kappa shape index (κ1) is 22.4. The van der Waals surface area contributed by atoms with Crippen LogP contribution in [0.4, 0.5) is 4.79 Å². The van der Waals surface area contributed by atoms with Gasteiger partial charge in [0.1, 0.15) is 16.9 Å². The monoisotopic (exact) mass is 404 g/mol. The minimum atomic E-state index is -1.09. The van der Waals surface area contributed by atoms with Gasteiger partial charge in [-0.05, 0) is 59.2 Å². The van der Waals surface area contributed by atoms with Crippen LogP contribution in [0.3, 0.4) is 0 Å². The molecule has 1 rings (SSSR count). The van der Waals surface area contributed by atoms with Crippen LogP contribution in [0.5, 0.6) is 5.75 Å². The van der Waals surface area contributed by atoms with E-state index in [4.69, 9.17) is 32.7 Å². The summed E-state index contributed by atoms with van der Waals surface area (Å²) in [6, 6.07) is 4.98. The molecule has 0 heterocycles. The highest BCUT2D eigenvalue weighted by Gasteiger charge is 2.31. The second-order valence-corrected chi connectivity index (χ2v) is 8.13. The number of nitrogens with one attached hydrogen (secondary N) is 2. The molecule has 0 aliphatic carbocycles. The molecular weight excluding hydrogens is 379 g/mol. The van der Waals surface area contributed by atoms with Gasteiger partial charge in [-0.2, -0.15) is 0 Å². The third-order valence-electron chi connectivity index (χ3n) is 3.14. The molecule has 0 saturated heterocycles. The molecule has 8 heteroatoms. The number of alkyl carbamates (subject to hydrolysis) is 1. The number of hydrogen-bond donors (Lipinski definition) is 2. The van der Waals surface area contributed by atoms with Gasteiger partial charge in [-0.15, -0.1) is 0 Å². The van der Waals surface area contributed by atoms with Crippen LogP contribution in [0.1, 0.15) is 41.0 Å². The molecule has 2 amide bonds. The Balaban J connectivity index is 2.35. The molecule has 26 heavy (non-hydrogen) atoms. The largest absolute Gasteiger partial charge is 0.492 e. The number of amides is 2. The molecule has 146 valence electrons. The van der Waals surface area contributed by atoms with Crippen LogP contribution in [-0.2, 0) is 9.53 Å². The van der Waals surface area contributed by atoms with E-state index in [0.717, 1.165) is 0 Å². The fourth-order valence-corrected chi connectivity index (χ4v) is 2.35. The molecule has 0 fully saturated rings. The number of ether oxygens (including phenoxy) is 2. The number of halogens is 2. The minimum Gasteiger partial charge on any atom is -0.492 e. The zero-order valence-corrected chi connectivity index (χ0v) is 17.3. The summed E-state index contributed by atoms with van der Waals surface area (Å²) >= 11 is 11.8. The fraction of sp³-hybridized carbons (Fsp3) is 0.556. The summed E-state index contributed by atoms with van der Waals surface area (Å²) in [5, 5.41) is 6.29. The third kappa shape index (κ3) is 8.15. The maximum absolute atomic E-state index is 12.2. The standard InChI is InChI=1S/C18H26Cl2N2O4/c1-17(2,3)26-16(24)22-18(4,5)15(23)21-9-6-10-25-14-8-7-12(19)11-13(14)20/h7-8,11H,6,9-10H2,1-5H3,(H,21,23)(H,22,24). The molecule has 1 aromatic carbocycles. The maximum atomic E-state index is 12.2. The lowest BCUT2D eigenvalue weighted by atomic mass is 10.1. The second-order valence-electron chi connectivity index (χ2n) is 7.28. The Hall–Kier alpha value is -1.66. The topological polar surface area (TPSA) is 76.7 Å². The van der Waals surface area contributed by atoms with Crippen LogP contribution < -0.4 is 15.4 Å². The van der Waals surface area contributed by atoms with Gasteiger partial charge in [-0.25, -0.2) is 4.79 Å². The number of benzene rings is 1. The average Bonchev–Trinajstić information content (AvgIpc) is 2.45. The lowest BCUT2D eigenvalue weighted by Crippen LogP contribution is -2.55. The van der Waals surface area contributed by atoms with Crippen molar-refractivity contribution < 1.29 is 19.1 Å². The summed E-state index contributed by atoms with van der Waals surface area (Å²) < 4.78 is 10.7. The van der Waals surface area contributed by atoms with Crippen LogP contribution in [0.15, 0.2) is 18.2 Å². The zero-order chi connectivity index (χ0) is 20.0. The van der Waals surface area contributed by atoms with E-state index in [2.05, 4.69) is 10.6 Å². The molecule has 0 bridgehead atoms. The van der Waals surface area contributed by atoms with Gasteiger partial charge in [0.15, 0.2) is 0 Å². The van der Waals surface area contributed by atoms with Crippen molar-refractivity contribution in [3.8, 4) is 5.75 Å². The van der Waals surface area contributed by atoms with Crippen molar-refractivity contribution in [1.29, 1.82) is 0 Å². The summed E-state index contributed by atoms with van der Waals surface area (Å²) in [6.07, 6.45) is -0.0638. The summed E-state index contributed by atoms with van der Waals surface area (Å²) in [4.78, 5) is 24.0. The van der Waals surface area contributed by atoms with Gasteiger partial charge >= 0.3 is 6.09 Å². The average molecular weight is 405 g/mol. The predicted octanol–water partition coefficient (Wildman–Crippen LogP) is 4.18. The smallest absolute Gasteiger partial charge is 0.408 e. The van der Waals surface area contributed by atoms with Gasteiger partial charge in [-0.3, -0.25) is 4.79 Å². The van der Waals surface area contributed by atoms with Crippen molar-refractivity contribution in [3.05, 3.63) is 28.2 Å². The fourth-order valence-electron chi connectivity index (χ4n) is 1.88. The van der Waals surface area contributed by atoms with Crippen molar-refractivity contribution in [2.45, 2.75) is 52.2 Å². The molecule has 0 aromatic heterocycles. The highest BCUT2D eigenvalue weighted by Crippen LogP contribution is 2.27. The maximum Gasteiger partial charge on any atom is 0.408 e. The van der Waals surface area contributed by atoms with Gasteiger partial charge in [0, 0.05) is 11.6 Å². The van der Waals surface area contributed by atoms with Crippen molar-refractivity contribution in [1.82, 2.24) is 10.6 Å². The van der Waals surface area contributed by atoms with E-state index >= 15 is 0 Å². The number of carbonyl (C=O) groups is 2. The van der Waals surface area contributed by atoms with E-state index < -0.39 is 17.2 Å². The highest BCUT2D eigenvalue weighted by molar-refractivity contribution is 6.35. The lowest BCUT2D eigenvalue weighted by molar-refractivity contribution is -0.126. The van der Waals surface area contributed by atoms with Crippen molar-refractivity contribution in [3.63, 3.8) is 0 Å². The van der Waals surface area contributed by atoms with Gasteiger partial charge in [0.25, 0.3) is 0 Å². The highest BCUT2D eigenvalue weighted by atomic mass is 35.5. The Bertz CT molecular complexity index is 643. The Morgan fingerprint density at radius 1 is 1.12 bits per heavy atom. The van der Waals surface area contributed by atoms with E-state index in [1.807, 2.05) is 0 Å². The van der Waals surface area contributed by atoms with E-state index in [9.17, 15) is 9.59 Å². The second kappa shape index (κ2) is 9.33. The van der Waals surface area contributed by atoms with Crippen LogP contribution >= 0.6 is 23.2 Å². The molecule has 1 aromatic rings. The van der Waals surface area contributed by atoms with Gasteiger partial charge in [-0.1, -0.05) is 23.2 Å². The van der Waals surface area contributed by atoms with E-state index in [1.165, 1.54) is 0 Å². The molecule has 0 radical (unpaired) electrons. The molecular formula is C18H26Cl2N2O4. The normalized spacial score (nSPS) is 11.7. The molecule has 0 atom stereocenters. The van der Waals surface area contributed by atoms with E-state index in [0.29, 0.717) is 35.4 Å². The molecule has 0 spiro atoms. The van der Waals surface area contributed by atoms with Gasteiger partial charge < -0.3 is 20.1 Å². The van der Waals surface area contributed by atoms with Crippen LogP contribution in [0.25, 0.3) is 0 Å². The zero-order valence-electron chi connectivity index (χ0n) is 15.7. The van der Waals surface area contributed by atoms with E-state index in [-0.39, 0.29) is 5.91 Å². The summed E-state index contributed by atoms with van der Waals surface area (Å²) in [5.74, 6) is 0.224. The Morgan fingerprint density at radius 2 is 1.77 bits per heavy atom. The molecule has 2 N–H and O–H groups in total. The molecule has 6 nitrogen and oxygen atoms in total. The van der Waals surface area contributed by atoms with Gasteiger partial charge in [0.2, 0.25) is 5.91 Å². The van der Waals surface area contributed by atoms with Crippen molar-refractivity contribution >= 4 is 35.2 Å². The lowest BCUT2D eigenvalue weighted by Gasteiger charge is -2.27. The quantitative estimate of drug-likeness (QED) is 0.668. The van der Waals surface area contributed by atoms with Crippen LogP contribution in [0.2, 0.25) is 10.0 Å². The summed E-state index contributed by atoms with van der Waals surface area (Å²) in [5.41, 5.74) is -1.72. The van der Waals surface area contributed by atoms with Crippen molar-refractivity contribution in [2.75, 3.05) is 13.2 Å². The van der Waals surface area contributed by atoms with Crippen LogP contribution in [-0.4, -0.2) is 36.3 Å². The number of hydrogen-bond acceptors (Lipinski definition) is 4. The molecule has 0 aliphatic rings. The van der Waals surface area contributed by atoms with Gasteiger partial charge in [0.05, 0.1) is 11.6 Å². The molecule has 0 saturated carbocycles. The first-order valence-corrected chi connectivity index (χ1v) is 9.03. The predicted molar refractivity (Wildman–Crippen MR) is 103 cm³/mol. The first-order chi connectivity index (χ1) is 11.9.